The van der Waals surface area contributed by atoms with Crippen LogP contribution in [0.3, 0.4) is 0 Å². The van der Waals surface area contributed by atoms with E-state index in [0.717, 1.165) is 36.4 Å². The standard InChI is InChI=1S/C17H20N2O2/c1-11-6-7-13(18-12(2)20)10-16(11)19-15-4-3-5-17-14(15)8-9-21-17/h6-10,15,19H,3-5H2,1-2H3,(H,18,20). The Labute approximate surface area is 124 Å². The van der Waals surface area contributed by atoms with Gasteiger partial charge in [-0.05, 0) is 43.5 Å². The molecule has 0 saturated carbocycles. The van der Waals surface area contributed by atoms with E-state index < -0.39 is 0 Å². The first kappa shape index (κ1) is 13.7. The fourth-order valence-corrected chi connectivity index (χ4v) is 2.88. The van der Waals surface area contributed by atoms with Gasteiger partial charge in [0, 0.05) is 30.3 Å². The highest BCUT2D eigenvalue weighted by molar-refractivity contribution is 5.89. The maximum Gasteiger partial charge on any atom is 0.221 e. The van der Waals surface area contributed by atoms with Gasteiger partial charge in [0.2, 0.25) is 5.91 Å². The van der Waals surface area contributed by atoms with Gasteiger partial charge < -0.3 is 15.1 Å². The SMILES string of the molecule is CC(=O)Nc1ccc(C)c(NC2CCCc3occc32)c1. The molecule has 1 heterocycles. The fraction of sp³-hybridized carbons (Fsp3) is 0.353. The van der Waals surface area contributed by atoms with Gasteiger partial charge in [0.25, 0.3) is 0 Å². The summed E-state index contributed by atoms with van der Waals surface area (Å²) in [5, 5.41) is 6.42. The van der Waals surface area contributed by atoms with Crippen molar-refractivity contribution in [2.45, 2.75) is 39.2 Å². The molecule has 0 fully saturated rings. The van der Waals surface area contributed by atoms with Gasteiger partial charge in [-0.3, -0.25) is 4.79 Å². The highest BCUT2D eigenvalue weighted by Crippen LogP contribution is 2.34. The summed E-state index contributed by atoms with van der Waals surface area (Å²) >= 11 is 0. The number of amides is 1. The Kier molecular flexibility index (Phi) is 3.69. The maximum absolute atomic E-state index is 11.2. The van der Waals surface area contributed by atoms with Crippen molar-refractivity contribution < 1.29 is 9.21 Å². The number of furan rings is 1. The summed E-state index contributed by atoms with van der Waals surface area (Å²) in [6, 6.07) is 8.27. The van der Waals surface area contributed by atoms with E-state index in [2.05, 4.69) is 23.6 Å². The summed E-state index contributed by atoms with van der Waals surface area (Å²) in [7, 11) is 0. The van der Waals surface area contributed by atoms with Crippen LogP contribution in [0.5, 0.6) is 0 Å². The molecule has 0 aliphatic heterocycles. The third-order valence-electron chi connectivity index (χ3n) is 3.94. The van der Waals surface area contributed by atoms with Crippen molar-refractivity contribution in [2.75, 3.05) is 10.6 Å². The molecular formula is C17H20N2O2. The number of rotatable bonds is 3. The molecule has 1 unspecified atom stereocenters. The lowest BCUT2D eigenvalue weighted by Gasteiger charge is -2.25. The quantitative estimate of drug-likeness (QED) is 0.894. The molecular weight excluding hydrogens is 264 g/mol. The number of anilines is 2. The second-order valence-electron chi connectivity index (χ2n) is 5.60. The molecule has 4 heteroatoms. The summed E-state index contributed by atoms with van der Waals surface area (Å²) in [4.78, 5) is 11.2. The summed E-state index contributed by atoms with van der Waals surface area (Å²) in [5.41, 5.74) is 4.30. The third-order valence-corrected chi connectivity index (χ3v) is 3.94. The van der Waals surface area contributed by atoms with Crippen LogP contribution in [0.15, 0.2) is 34.9 Å². The normalized spacial score (nSPS) is 17.1. The maximum atomic E-state index is 11.2. The van der Waals surface area contributed by atoms with Crippen molar-refractivity contribution in [2.24, 2.45) is 0 Å². The summed E-state index contributed by atoms with van der Waals surface area (Å²) in [5.74, 6) is 1.04. The van der Waals surface area contributed by atoms with Crippen molar-refractivity contribution in [3.8, 4) is 0 Å². The van der Waals surface area contributed by atoms with Gasteiger partial charge in [-0.2, -0.15) is 0 Å². The van der Waals surface area contributed by atoms with Crippen LogP contribution < -0.4 is 10.6 Å². The molecule has 1 atom stereocenters. The van der Waals surface area contributed by atoms with Crippen LogP contribution in [-0.4, -0.2) is 5.91 Å². The fourth-order valence-electron chi connectivity index (χ4n) is 2.88. The Balaban J connectivity index is 1.84. The van der Waals surface area contributed by atoms with Gasteiger partial charge in [-0.1, -0.05) is 6.07 Å². The van der Waals surface area contributed by atoms with E-state index in [0.29, 0.717) is 0 Å². The van der Waals surface area contributed by atoms with Gasteiger partial charge >= 0.3 is 0 Å². The molecule has 21 heavy (non-hydrogen) atoms. The van der Waals surface area contributed by atoms with Crippen LogP contribution >= 0.6 is 0 Å². The Morgan fingerprint density at radius 3 is 3.00 bits per heavy atom. The second kappa shape index (κ2) is 5.64. The summed E-state index contributed by atoms with van der Waals surface area (Å²) < 4.78 is 5.53. The highest BCUT2D eigenvalue weighted by atomic mass is 16.3. The van der Waals surface area contributed by atoms with E-state index in [1.807, 2.05) is 18.2 Å². The van der Waals surface area contributed by atoms with Gasteiger partial charge in [0.15, 0.2) is 0 Å². The van der Waals surface area contributed by atoms with E-state index >= 15 is 0 Å². The van der Waals surface area contributed by atoms with E-state index in [1.165, 1.54) is 18.1 Å². The van der Waals surface area contributed by atoms with Gasteiger partial charge in [0.05, 0.1) is 12.3 Å². The summed E-state index contributed by atoms with van der Waals surface area (Å²) in [6.07, 6.45) is 5.01. The predicted octanol–water partition coefficient (Wildman–Crippen LogP) is 4.04. The van der Waals surface area contributed by atoms with Crippen LogP contribution in [0.25, 0.3) is 0 Å². The topological polar surface area (TPSA) is 54.3 Å². The van der Waals surface area contributed by atoms with E-state index in [1.54, 1.807) is 6.26 Å². The second-order valence-corrected chi connectivity index (χ2v) is 5.60. The zero-order valence-electron chi connectivity index (χ0n) is 12.4. The first-order valence-electron chi connectivity index (χ1n) is 7.34. The largest absolute Gasteiger partial charge is 0.469 e. The Hall–Kier alpha value is -2.23. The number of hydrogen-bond acceptors (Lipinski definition) is 3. The minimum Gasteiger partial charge on any atom is -0.469 e. The molecule has 0 saturated heterocycles. The Morgan fingerprint density at radius 2 is 2.19 bits per heavy atom. The summed E-state index contributed by atoms with van der Waals surface area (Å²) in [6.45, 7) is 3.59. The Bertz CT molecular complexity index is 661. The molecule has 1 aliphatic carbocycles. The smallest absolute Gasteiger partial charge is 0.221 e. The van der Waals surface area contributed by atoms with Crippen LogP contribution in [0, 0.1) is 6.92 Å². The average Bonchev–Trinajstić information content (AvgIpc) is 2.91. The zero-order valence-corrected chi connectivity index (χ0v) is 12.4. The minimum atomic E-state index is -0.0559. The molecule has 1 aliphatic rings. The van der Waals surface area contributed by atoms with Gasteiger partial charge in [-0.15, -0.1) is 0 Å². The first-order chi connectivity index (χ1) is 10.1. The lowest BCUT2D eigenvalue weighted by atomic mass is 9.93. The number of aryl methyl sites for hydroxylation is 2. The molecule has 0 spiro atoms. The lowest BCUT2D eigenvalue weighted by molar-refractivity contribution is -0.114. The molecule has 110 valence electrons. The number of fused-ring (bicyclic) bond motifs is 1. The molecule has 1 aromatic carbocycles. The van der Waals surface area contributed by atoms with Crippen LogP contribution in [0.1, 0.15) is 42.7 Å². The molecule has 2 N–H and O–H groups in total. The zero-order chi connectivity index (χ0) is 14.8. The number of benzene rings is 1. The van der Waals surface area contributed by atoms with Crippen molar-refractivity contribution in [1.29, 1.82) is 0 Å². The monoisotopic (exact) mass is 284 g/mol. The highest BCUT2D eigenvalue weighted by Gasteiger charge is 2.22. The van der Waals surface area contributed by atoms with Crippen molar-refractivity contribution >= 4 is 17.3 Å². The first-order valence-corrected chi connectivity index (χ1v) is 7.34. The molecule has 1 aromatic heterocycles. The lowest BCUT2D eigenvalue weighted by Crippen LogP contribution is -2.16. The van der Waals surface area contributed by atoms with E-state index in [4.69, 9.17) is 4.42 Å². The molecule has 1 amide bonds. The Morgan fingerprint density at radius 1 is 1.33 bits per heavy atom. The minimum absolute atomic E-state index is 0.0559. The van der Waals surface area contributed by atoms with Crippen molar-refractivity contribution in [3.63, 3.8) is 0 Å². The molecule has 0 bridgehead atoms. The molecule has 3 rings (SSSR count). The van der Waals surface area contributed by atoms with Crippen molar-refractivity contribution in [1.82, 2.24) is 0 Å². The van der Waals surface area contributed by atoms with Crippen LogP contribution in [0.2, 0.25) is 0 Å². The molecule has 0 radical (unpaired) electrons. The number of hydrogen-bond donors (Lipinski definition) is 2. The van der Waals surface area contributed by atoms with E-state index in [-0.39, 0.29) is 11.9 Å². The molecule has 2 aromatic rings. The number of nitrogens with one attached hydrogen (secondary N) is 2. The predicted molar refractivity (Wildman–Crippen MR) is 83.5 cm³/mol. The van der Waals surface area contributed by atoms with Crippen molar-refractivity contribution in [3.05, 3.63) is 47.4 Å². The average molecular weight is 284 g/mol. The molecule has 4 nitrogen and oxygen atoms in total. The van der Waals surface area contributed by atoms with Gasteiger partial charge in [0.1, 0.15) is 5.76 Å². The third kappa shape index (κ3) is 2.94. The number of carbonyl (C=O) groups excluding carboxylic acids is 1. The van der Waals surface area contributed by atoms with Crippen LogP contribution in [-0.2, 0) is 11.2 Å². The van der Waals surface area contributed by atoms with Crippen LogP contribution in [0.4, 0.5) is 11.4 Å². The van der Waals surface area contributed by atoms with E-state index in [9.17, 15) is 4.79 Å². The van der Waals surface area contributed by atoms with Gasteiger partial charge in [-0.25, -0.2) is 0 Å². The number of carbonyl (C=O) groups is 1.